The number of ether oxygens (including phenoxy) is 1. The molecule has 7 nitrogen and oxygen atoms in total. The Bertz CT molecular complexity index is 619. The molecule has 0 radical (unpaired) electrons. The van der Waals surface area contributed by atoms with E-state index in [1.54, 1.807) is 16.7 Å². The number of aromatic nitrogens is 2. The minimum atomic E-state index is -0.599. The summed E-state index contributed by atoms with van der Waals surface area (Å²) in [7, 11) is 1.43. The molecule has 2 rings (SSSR count). The zero-order valence-electron chi connectivity index (χ0n) is 10.9. The van der Waals surface area contributed by atoms with Crippen LogP contribution in [-0.2, 0) is 11.3 Å². The Kier molecular flexibility index (Phi) is 3.99. The average molecular weight is 274 g/mol. The van der Waals surface area contributed by atoms with Crippen LogP contribution < -0.4 is 15.8 Å². The number of nitrogens with two attached hydrogens (primary N) is 1. The standard InChI is InChI=1S/C13H14N4O3/c1-20-13-11(12(14)19)17(7-15-13)6-9-2-4-10(5-3-9)16-8-18/h2-5,7-8H,6H2,1H3,(H2,14,19)(H,16,18). The Labute approximate surface area is 115 Å². The van der Waals surface area contributed by atoms with Gasteiger partial charge in [0.25, 0.3) is 5.91 Å². The number of primary amides is 1. The second-order valence-corrected chi connectivity index (χ2v) is 4.05. The van der Waals surface area contributed by atoms with Crippen LogP contribution in [0.15, 0.2) is 30.6 Å². The first-order valence-corrected chi connectivity index (χ1v) is 5.83. The van der Waals surface area contributed by atoms with Crippen LogP contribution in [0.2, 0.25) is 0 Å². The highest BCUT2D eigenvalue weighted by atomic mass is 16.5. The summed E-state index contributed by atoms with van der Waals surface area (Å²) in [5.74, 6) is -0.393. The van der Waals surface area contributed by atoms with Crippen LogP contribution in [-0.4, -0.2) is 29.0 Å². The van der Waals surface area contributed by atoms with Gasteiger partial charge in [-0.1, -0.05) is 12.1 Å². The van der Waals surface area contributed by atoms with E-state index in [1.807, 2.05) is 12.1 Å². The molecule has 2 amide bonds. The molecular weight excluding hydrogens is 260 g/mol. The third-order valence-electron chi connectivity index (χ3n) is 2.76. The average Bonchev–Trinajstić information content (AvgIpc) is 2.84. The van der Waals surface area contributed by atoms with Crippen molar-refractivity contribution in [3.8, 4) is 5.88 Å². The molecule has 7 heteroatoms. The van der Waals surface area contributed by atoms with Crippen molar-refractivity contribution in [3.05, 3.63) is 41.9 Å². The molecule has 1 aromatic carbocycles. The number of amides is 2. The fraction of sp³-hybridized carbons (Fsp3) is 0.154. The lowest BCUT2D eigenvalue weighted by Gasteiger charge is -2.07. The molecule has 1 heterocycles. The Morgan fingerprint density at radius 2 is 2.15 bits per heavy atom. The number of hydrogen-bond acceptors (Lipinski definition) is 4. The summed E-state index contributed by atoms with van der Waals surface area (Å²) in [4.78, 5) is 25.7. The lowest BCUT2D eigenvalue weighted by Crippen LogP contribution is -2.18. The predicted molar refractivity (Wildman–Crippen MR) is 72.5 cm³/mol. The van der Waals surface area contributed by atoms with Crippen molar-refractivity contribution < 1.29 is 14.3 Å². The van der Waals surface area contributed by atoms with Gasteiger partial charge in [0, 0.05) is 12.2 Å². The van der Waals surface area contributed by atoms with Gasteiger partial charge in [-0.3, -0.25) is 9.59 Å². The number of nitrogens with zero attached hydrogens (tertiary/aromatic N) is 2. The molecule has 0 saturated carbocycles. The maximum Gasteiger partial charge on any atom is 0.271 e. The van der Waals surface area contributed by atoms with E-state index < -0.39 is 5.91 Å². The van der Waals surface area contributed by atoms with E-state index in [-0.39, 0.29) is 11.6 Å². The van der Waals surface area contributed by atoms with Gasteiger partial charge >= 0.3 is 0 Å². The van der Waals surface area contributed by atoms with Gasteiger partial charge in [-0.15, -0.1) is 0 Å². The van der Waals surface area contributed by atoms with Gasteiger partial charge in [0.2, 0.25) is 12.3 Å². The van der Waals surface area contributed by atoms with Gasteiger partial charge in [-0.05, 0) is 17.7 Å². The summed E-state index contributed by atoms with van der Waals surface area (Å²) < 4.78 is 6.61. The number of carbonyl (C=O) groups is 2. The molecule has 0 spiro atoms. The first-order chi connectivity index (χ1) is 9.65. The topological polar surface area (TPSA) is 99.2 Å². The van der Waals surface area contributed by atoms with Gasteiger partial charge in [0.1, 0.15) is 0 Å². The highest BCUT2D eigenvalue weighted by Crippen LogP contribution is 2.17. The van der Waals surface area contributed by atoms with Crippen molar-refractivity contribution in [3.63, 3.8) is 0 Å². The van der Waals surface area contributed by atoms with Crippen molar-refractivity contribution in [1.82, 2.24) is 9.55 Å². The Morgan fingerprint density at radius 3 is 2.70 bits per heavy atom. The quantitative estimate of drug-likeness (QED) is 0.754. The Hall–Kier alpha value is -2.83. The van der Waals surface area contributed by atoms with Gasteiger partial charge in [-0.25, -0.2) is 4.98 Å². The van der Waals surface area contributed by atoms with E-state index in [4.69, 9.17) is 10.5 Å². The van der Waals surface area contributed by atoms with Crippen LogP contribution in [0.1, 0.15) is 16.1 Å². The van der Waals surface area contributed by atoms with E-state index in [9.17, 15) is 9.59 Å². The van der Waals surface area contributed by atoms with E-state index in [0.29, 0.717) is 18.6 Å². The monoisotopic (exact) mass is 274 g/mol. The van der Waals surface area contributed by atoms with Crippen molar-refractivity contribution in [2.75, 3.05) is 12.4 Å². The molecule has 0 fully saturated rings. The van der Waals surface area contributed by atoms with Gasteiger partial charge in [0.05, 0.1) is 13.4 Å². The van der Waals surface area contributed by atoms with Crippen molar-refractivity contribution in [1.29, 1.82) is 0 Å². The van der Waals surface area contributed by atoms with Gasteiger partial charge < -0.3 is 20.4 Å². The third kappa shape index (κ3) is 2.77. The van der Waals surface area contributed by atoms with Crippen molar-refractivity contribution in [2.45, 2.75) is 6.54 Å². The number of carbonyl (C=O) groups excluding carboxylic acids is 2. The lowest BCUT2D eigenvalue weighted by atomic mass is 10.2. The molecule has 20 heavy (non-hydrogen) atoms. The molecule has 0 bridgehead atoms. The highest BCUT2D eigenvalue weighted by Gasteiger charge is 2.16. The first-order valence-electron chi connectivity index (χ1n) is 5.83. The molecule has 0 aliphatic rings. The van der Waals surface area contributed by atoms with Gasteiger partial charge in [0.15, 0.2) is 5.69 Å². The zero-order valence-corrected chi connectivity index (χ0v) is 10.9. The zero-order chi connectivity index (χ0) is 14.5. The smallest absolute Gasteiger partial charge is 0.271 e. The molecule has 1 aromatic heterocycles. The summed E-state index contributed by atoms with van der Waals surface area (Å²) in [6.07, 6.45) is 2.11. The predicted octanol–water partition coefficient (Wildman–Crippen LogP) is 0.607. The molecular formula is C13H14N4O3. The Morgan fingerprint density at radius 1 is 1.45 bits per heavy atom. The fourth-order valence-electron chi connectivity index (χ4n) is 1.85. The summed E-state index contributed by atoms with van der Waals surface area (Å²) in [6.45, 7) is 0.427. The minimum absolute atomic E-state index is 0.205. The van der Waals surface area contributed by atoms with Crippen LogP contribution >= 0.6 is 0 Å². The molecule has 0 unspecified atom stereocenters. The number of methoxy groups -OCH3 is 1. The van der Waals surface area contributed by atoms with Crippen LogP contribution in [0.25, 0.3) is 0 Å². The Balaban J connectivity index is 2.23. The molecule has 3 N–H and O–H groups in total. The lowest BCUT2D eigenvalue weighted by molar-refractivity contribution is -0.105. The maximum atomic E-state index is 11.4. The van der Waals surface area contributed by atoms with E-state index in [0.717, 1.165) is 5.56 Å². The van der Waals surface area contributed by atoms with E-state index in [2.05, 4.69) is 10.3 Å². The molecule has 104 valence electrons. The second kappa shape index (κ2) is 5.87. The highest BCUT2D eigenvalue weighted by molar-refractivity contribution is 5.93. The largest absolute Gasteiger partial charge is 0.479 e. The second-order valence-electron chi connectivity index (χ2n) is 4.05. The molecule has 0 saturated heterocycles. The van der Waals surface area contributed by atoms with Crippen LogP contribution in [0, 0.1) is 0 Å². The number of rotatable bonds is 6. The van der Waals surface area contributed by atoms with Crippen LogP contribution in [0.3, 0.4) is 0 Å². The summed E-state index contributed by atoms with van der Waals surface area (Å²) >= 11 is 0. The minimum Gasteiger partial charge on any atom is -0.479 e. The summed E-state index contributed by atoms with van der Waals surface area (Å²) in [6, 6.07) is 7.20. The fourth-order valence-corrected chi connectivity index (χ4v) is 1.85. The van der Waals surface area contributed by atoms with Crippen LogP contribution in [0.5, 0.6) is 5.88 Å². The molecule has 0 atom stereocenters. The number of anilines is 1. The van der Waals surface area contributed by atoms with E-state index in [1.165, 1.54) is 13.4 Å². The van der Waals surface area contributed by atoms with Gasteiger partial charge in [-0.2, -0.15) is 0 Å². The first kappa shape index (κ1) is 13.6. The number of imidazole rings is 1. The third-order valence-corrected chi connectivity index (χ3v) is 2.76. The molecule has 0 aliphatic heterocycles. The van der Waals surface area contributed by atoms with Crippen LogP contribution in [0.4, 0.5) is 5.69 Å². The number of nitrogens with one attached hydrogen (secondary N) is 1. The normalized spacial score (nSPS) is 10.1. The van der Waals surface area contributed by atoms with Crippen molar-refractivity contribution in [2.24, 2.45) is 5.73 Å². The summed E-state index contributed by atoms with van der Waals surface area (Å²) in [5, 5.41) is 2.55. The maximum absolute atomic E-state index is 11.4. The number of hydrogen-bond donors (Lipinski definition) is 2. The van der Waals surface area contributed by atoms with E-state index >= 15 is 0 Å². The molecule has 2 aromatic rings. The number of benzene rings is 1. The summed E-state index contributed by atoms with van der Waals surface area (Å²) in [5.41, 5.74) is 7.18. The molecule has 0 aliphatic carbocycles. The van der Waals surface area contributed by atoms with Crippen molar-refractivity contribution >= 4 is 18.0 Å². The SMILES string of the molecule is COc1ncn(Cc2ccc(NC=O)cc2)c1C(N)=O.